The number of carbonyl (C=O) groups excluding carboxylic acids is 1. The molecule has 0 saturated heterocycles. The van der Waals surface area contributed by atoms with Gasteiger partial charge in [0.25, 0.3) is 0 Å². The topological polar surface area (TPSA) is 75.9 Å². The monoisotopic (exact) mass is 343 g/mol. The summed E-state index contributed by atoms with van der Waals surface area (Å²) in [6.45, 7) is 6.41. The molecule has 2 rings (SSSR count). The van der Waals surface area contributed by atoms with Crippen LogP contribution in [-0.4, -0.2) is 31.1 Å². The van der Waals surface area contributed by atoms with Crippen molar-refractivity contribution in [2.75, 3.05) is 7.11 Å². The molecule has 0 fully saturated rings. The maximum Gasteiger partial charge on any atom is 0.358 e. The van der Waals surface area contributed by atoms with Crippen LogP contribution in [0, 0.1) is 17.1 Å². The average Bonchev–Trinajstić information content (AvgIpc) is 2.54. The first kappa shape index (κ1) is 17.8. The second kappa shape index (κ2) is 6.89. The second-order valence-electron chi connectivity index (χ2n) is 6.39. The average molecular weight is 343 g/mol. The molecule has 0 aliphatic heterocycles. The molecule has 124 valence electrons. The summed E-state index contributed by atoms with van der Waals surface area (Å²) in [5.41, 5.74) is 0.675. The van der Waals surface area contributed by atoms with Gasteiger partial charge in [-0.1, -0.05) is 37.0 Å². The number of carbonyl (C=O) groups is 1. The van der Waals surface area contributed by atoms with Crippen LogP contribution < -0.4 is 5.19 Å². The van der Waals surface area contributed by atoms with Gasteiger partial charge < -0.3 is 4.74 Å². The molecule has 0 amide bonds. The summed E-state index contributed by atoms with van der Waals surface area (Å²) < 4.78 is 19.1. The van der Waals surface area contributed by atoms with Crippen LogP contribution in [0.1, 0.15) is 27.4 Å². The number of esters is 1. The number of hydrogen-bond donors (Lipinski definition) is 0. The molecule has 0 unspecified atom stereocenters. The van der Waals surface area contributed by atoms with Crippen LogP contribution in [0.25, 0.3) is 0 Å². The van der Waals surface area contributed by atoms with E-state index in [1.807, 2.05) is 12.1 Å². The summed E-state index contributed by atoms with van der Waals surface area (Å²) in [7, 11) is -0.383. The highest BCUT2D eigenvalue weighted by molar-refractivity contribution is 6.88. The fourth-order valence-corrected chi connectivity index (χ4v) is 3.35. The number of aromatic nitrogens is 2. The van der Waals surface area contributed by atoms with Gasteiger partial charge >= 0.3 is 5.97 Å². The minimum absolute atomic E-state index is 0.00910. The largest absolute Gasteiger partial charge is 0.464 e. The minimum atomic E-state index is -1.61. The molecule has 0 spiro atoms. The fraction of sp³-hybridized carbons (Fsp3) is 0.294. The van der Waals surface area contributed by atoms with E-state index in [4.69, 9.17) is 5.26 Å². The van der Waals surface area contributed by atoms with Crippen LogP contribution in [0.2, 0.25) is 19.6 Å². The van der Waals surface area contributed by atoms with Crippen LogP contribution >= 0.6 is 0 Å². The maximum atomic E-state index is 14.5. The number of halogens is 1. The summed E-state index contributed by atoms with van der Waals surface area (Å²) in [5, 5.41) is 9.97. The Morgan fingerprint density at radius 2 is 2.08 bits per heavy atom. The smallest absolute Gasteiger partial charge is 0.358 e. The molecule has 2 aromatic rings. The van der Waals surface area contributed by atoms with Gasteiger partial charge in [-0.15, -0.1) is 0 Å². The zero-order valence-corrected chi connectivity index (χ0v) is 15.1. The van der Waals surface area contributed by atoms with Gasteiger partial charge in [-0.25, -0.2) is 19.2 Å². The SMILES string of the molecule is COC(=O)c1ncc(C#N)nc1Cc1ccc([Si](C)(C)C)cc1F. The van der Waals surface area contributed by atoms with Crippen molar-refractivity contribution in [1.82, 2.24) is 9.97 Å². The first-order valence-corrected chi connectivity index (χ1v) is 10.9. The Balaban J connectivity index is 2.44. The van der Waals surface area contributed by atoms with Crippen molar-refractivity contribution in [3.8, 4) is 6.07 Å². The lowest BCUT2D eigenvalue weighted by Gasteiger charge is -2.17. The van der Waals surface area contributed by atoms with Gasteiger partial charge in [0.1, 0.15) is 11.9 Å². The molecule has 1 aromatic carbocycles. The van der Waals surface area contributed by atoms with Gasteiger partial charge in [0.15, 0.2) is 11.4 Å². The molecule has 0 aliphatic rings. The number of nitrogens with zero attached hydrogens (tertiary/aromatic N) is 3. The molecule has 0 radical (unpaired) electrons. The predicted octanol–water partition coefficient (Wildman–Crippen LogP) is 2.41. The maximum absolute atomic E-state index is 14.5. The van der Waals surface area contributed by atoms with E-state index in [9.17, 15) is 9.18 Å². The normalized spacial score (nSPS) is 11.0. The zero-order chi connectivity index (χ0) is 17.9. The fourth-order valence-electron chi connectivity index (χ4n) is 2.21. The molecule has 1 heterocycles. The minimum Gasteiger partial charge on any atom is -0.464 e. The standard InChI is InChI=1S/C17H18FN3O2Si/c1-23-17(22)16-15(21-12(9-19)10-20-16)7-11-5-6-13(8-14(11)18)24(2,3)4/h5-6,8,10H,7H2,1-4H3. The van der Waals surface area contributed by atoms with E-state index >= 15 is 0 Å². The molecule has 0 saturated carbocycles. The van der Waals surface area contributed by atoms with E-state index in [2.05, 4.69) is 34.3 Å². The van der Waals surface area contributed by atoms with Crippen molar-refractivity contribution in [2.24, 2.45) is 0 Å². The van der Waals surface area contributed by atoms with Crippen LogP contribution in [0.5, 0.6) is 0 Å². The quantitative estimate of drug-likeness (QED) is 0.629. The summed E-state index contributed by atoms with van der Waals surface area (Å²) in [4.78, 5) is 19.8. The van der Waals surface area contributed by atoms with E-state index in [1.54, 1.807) is 12.1 Å². The Morgan fingerprint density at radius 3 is 2.62 bits per heavy atom. The molecule has 0 N–H and O–H groups in total. The Bertz CT molecular complexity index is 826. The third kappa shape index (κ3) is 3.84. The van der Waals surface area contributed by atoms with Crippen molar-refractivity contribution in [3.05, 3.63) is 52.9 Å². The van der Waals surface area contributed by atoms with E-state index in [1.165, 1.54) is 13.3 Å². The Labute approximate surface area is 141 Å². The Kier molecular flexibility index (Phi) is 5.10. The van der Waals surface area contributed by atoms with Crippen molar-refractivity contribution >= 4 is 19.2 Å². The lowest BCUT2D eigenvalue weighted by Crippen LogP contribution is -2.37. The Hall–Kier alpha value is -2.59. The number of hydrogen-bond acceptors (Lipinski definition) is 5. The molecule has 0 bridgehead atoms. The Morgan fingerprint density at radius 1 is 1.38 bits per heavy atom. The highest BCUT2D eigenvalue weighted by Gasteiger charge is 2.20. The molecule has 24 heavy (non-hydrogen) atoms. The number of benzene rings is 1. The van der Waals surface area contributed by atoms with Crippen LogP contribution in [0.4, 0.5) is 4.39 Å². The predicted molar refractivity (Wildman–Crippen MR) is 90.3 cm³/mol. The third-order valence-corrected chi connectivity index (χ3v) is 5.66. The van der Waals surface area contributed by atoms with E-state index in [0.717, 1.165) is 5.19 Å². The van der Waals surface area contributed by atoms with E-state index < -0.39 is 14.0 Å². The molecular weight excluding hydrogens is 325 g/mol. The molecular formula is C17H18FN3O2Si. The number of nitriles is 1. The second-order valence-corrected chi connectivity index (χ2v) is 11.5. The van der Waals surface area contributed by atoms with Gasteiger partial charge in [-0.3, -0.25) is 0 Å². The van der Waals surface area contributed by atoms with Crippen LogP contribution in [0.3, 0.4) is 0 Å². The summed E-state index contributed by atoms with van der Waals surface area (Å²) in [6.07, 6.45) is 1.26. The van der Waals surface area contributed by atoms with Gasteiger partial charge in [0.2, 0.25) is 0 Å². The lowest BCUT2D eigenvalue weighted by atomic mass is 10.1. The molecule has 7 heteroatoms. The molecule has 5 nitrogen and oxygen atoms in total. The highest BCUT2D eigenvalue weighted by atomic mass is 28.3. The molecule has 1 aromatic heterocycles. The van der Waals surface area contributed by atoms with Gasteiger partial charge in [-0.05, 0) is 11.6 Å². The zero-order valence-electron chi connectivity index (χ0n) is 14.1. The summed E-state index contributed by atoms with van der Waals surface area (Å²) in [5.74, 6) is -1.02. The lowest BCUT2D eigenvalue weighted by molar-refractivity contribution is 0.0592. The highest BCUT2D eigenvalue weighted by Crippen LogP contribution is 2.16. The molecule has 0 aliphatic carbocycles. The van der Waals surface area contributed by atoms with Crippen molar-refractivity contribution in [1.29, 1.82) is 5.26 Å². The van der Waals surface area contributed by atoms with Crippen molar-refractivity contribution in [2.45, 2.75) is 26.1 Å². The first-order valence-electron chi connectivity index (χ1n) is 7.39. The number of methoxy groups -OCH3 is 1. The third-order valence-electron chi connectivity index (χ3n) is 3.61. The van der Waals surface area contributed by atoms with Crippen molar-refractivity contribution < 1.29 is 13.9 Å². The number of ether oxygens (including phenoxy) is 1. The van der Waals surface area contributed by atoms with E-state index in [0.29, 0.717) is 5.56 Å². The van der Waals surface area contributed by atoms with Gasteiger partial charge in [0, 0.05) is 6.42 Å². The van der Waals surface area contributed by atoms with E-state index in [-0.39, 0.29) is 29.3 Å². The van der Waals surface area contributed by atoms with Gasteiger partial charge in [-0.2, -0.15) is 5.26 Å². The number of rotatable bonds is 4. The van der Waals surface area contributed by atoms with Crippen molar-refractivity contribution in [3.63, 3.8) is 0 Å². The van der Waals surface area contributed by atoms with Crippen LogP contribution in [-0.2, 0) is 11.2 Å². The van der Waals surface area contributed by atoms with Gasteiger partial charge in [0.05, 0.1) is 27.1 Å². The first-order chi connectivity index (χ1) is 11.3. The van der Waals surface area contributed by atoms with Crippen LogP contribution in [0.15, 0.2) is 24.4 Å². The molecule has 0 atom stereocenters. The summed E-state index contributed by atoms with van der Waals surface area (Å²) >= 11 is 0. The summed E-state index contributed by atoms with van der Waals surface area (Å²) in [6, 6.07) is 7.02.